The zero-order valence-electron chi connectivity index (χ0n) is 10.4. The van der Waals surface area contributed by atoms with E-state index in [2.05, 4.69) is 0 Å². The lowest BCUT2D eigenvalue weighted by Crippen LogP contribution is -2.44. The fourth-order valence-corrected chi connectivity index (χ4v) is 4.78. The van der Waals surface area contributed by atoms with Crippen molar-refractivity contribution in [1.82, 2.24) is 4.90 Å². The number of hydrogen-bond donors (Lipinski definition) is 2. The molecule has 2 aliphatic carbocycles. The third-order valence-electron chi connectivity index (χ3n) is 5.40. The molecular formula is C13H17NO5. The van der Waals surface area contributed by atoms with Crippen molar-refractivity contribution < 1.29 is 24.5 Å². The van der Waals surface area contributed by atoms with E-state index in [0.717, 1.165) is 6.42 Å². The number of likely N-dealkylation sites (tertiary alicyclic amines) is 1. The van der Waals surface area contributed by atoms with Gasteiger partial charge in [-0.3, -0.25) is 9.59 Å². The van der Waals surface area contributed by atoms with Gasteiger partial charge in [-0.1, -0.05) is 0 Å². The Morgan fingerprint density at radius 1 is 1.42 bits per heavy atom. The molecule has 2 N–H and O–H groups in total. The van der Waals surface area contributed by atoms with Gasteiger partial charge in [-0.25, -0.2) is 0 Å². The van der Waals surface area contributed by atoms with Gasteiger partial charge in [0.05, 0.1) is 18.1 Å². The molecular weight excluding hydrogens is 250 g/mol. The molecule has 4 fully saturated rings. The van der Waals surface area contributed by atoms with E-state index in [0.29, 0.717) is 18.9 Å². The normalized spacial score (nSPS) is 49.4. The van der Waals surface area contributed by atoms with Gasteiger partial charge in [-0.2, -0.15) is 0 Å². The Bertz CT molecular complexity index is 452. The summed E-state index contributed by atoms with van der Waals surface area (Å²) >= 11 is 0. The molecule has 0 aromatic rings. The number of aliphatic hydroxyl groups excluding tert-OH is 1. The van der Waals surface area contributed by atoms with Gasteiger partial charge in [0.15, 0.2) is 0 Å². The van der Waals surface area contributed by atoms with Gasteiger partial charge in [0.25, 0.3) is 0 Å². The van der Waals surface area contributed by atoms with Crippen LogP contribution in [0, 0.1) is 23.7 Å². The third-order valence-corrected chi connectivity index (χ3v) is 5.40. The summed E-state index contributed by atoms with van der Waals surface area (Å²) in [6.07, 6.45) is 0.635. The lowest BCUT2D eigenvalue weighted by atomic mass is 9.80. The lowest BCUT2D eigenvalue weighted by Gasteiger charge is -2.30. The van der Waals surface area contributed by atoms with Gasteiger partial charge >= 0.3 is 5.97 Å². The number of carboxylic acids is 1. The Kier molecular flexibility index (Phi) is 2.27. The van der Waals surface area contributed by atoms with Crippen LogP contribution in [0.15, 0.2) is 0 Å². The van der Waals surface area contributed by atoms with Crippen LogP contribution in [0.5, 0.6) is 0 Å². The molecule has 2 bridgehead atoms. The molecule has 7 unspecified atom stereocenters. The molecule has 2 aliphatic heterocycles. The molecule has 4 rings (SSSR count). The highest BCUT2D eigenvalue weighted by Crippen LogP contribution is 2.63. The largest absolute Gasteiger partial charge is 0.481 e. The number of aliphatic hydroxyl groups is 1. The van der Waals surface area contributed by atoms with Crippen LogP contribution in [-0.2, 0) is 14.3 Å². The summed E-state index contributed by atoms with van der Waals surface area (Å²) < 4.78 is 5.89. The molecule has 104 valence electrons. The van der Waals surface area contributed by atoms with Crippen LogP contribution in [0.25, 0.3) is 0 Å². The van der Waals surface area contributed by atoms with Gasteiger partial charge in [0.1, 0.15) is 6.23 Å². The van der Waals surface area contributed by atoms with E-state index < -0.39 is 12.1 Å². The monoisotopic (exact) mass is 267 g/mol. The summed E-state index contributed by atoms with van der Waals surface area (Å²) in [5, 5.41) is 18.8. The molecule has 0 aromatic carbocycles. The van der Waals surface area contributed by atoms with Crippen molar-refractivity contribution in [3.8, 4) is 0 Å². The van der Waals surface area contributed by atoms with Crippen LogP contribution in [0.2, 0.25) is 0 Å². The maximum Gasteiger partial charge on any atom is 0.303 e. The molecule has 2 saturated carbocycles. The predicted octanol–water partition coefficient (Wildman–Crippen LogP) is -0.339. The van der Waals surface area contributed by atoms with Crippen LogP contribution in [-0.4, -0.2) is 52.0 Å². The van der Waals surface area contributed by atoms with E-state index in [1.807, 2.05) is 0 Å². The molecule has 7 atom stereocenters. The molecule has 4 aliphatic rings. The second-order valence-corrected chi connectivity index (χ2v) is 6.18. The van der Waals surface area contributed by atoms with E-state index >= 15 is 0 Å². The van der Waals surface area contributed by atoms with Crippen molar-refractivity contribution in [2.45, 2.75) is 37.7 Å². The summed E-state index contributed by atoms with van der Waals surface area (Å²) in [7, 11) is 0. The van der Waals surface area contributed by atoms with Crippen LogP contribution < -0.4 is 0 Å². The molecule has 1 amide bonds. The first-order chi connectivity index (χ1) is 9.09. The maximum atomic E-state index is 12.4. The topological polar surface area (TPSA) is 87.1 Å². The minimum atomic E-state index is -0.838. The number of carbonyl (C=O) groups is 2. The van der Waals surface area contributed by atoms with E-state index in [-0.39, 0.29) is 42.4 Å². The molecule has 6 heteroatoms. The van der Waals surface area contributed by atoms with Gasteiger partial charge in [-0.15, -0.1) is 0 Å². The summed E-state index contributed by atoms with van der Waals surface area (Å²) in [5.74, 6) is -0.255. The maximum absolute atomic E-state index is 12.4. The molecule has 0 aromatic heterocycles. The summed E-state index contributed by atoms with van der Waals surface area (Å²) in [5.41, 5.74) is 0. The van der Waals surface area contributed by atoms with Crippen molar-refractivity contribution in [3.05, 3.63) is 0 Å². The summed E-state index contributed by atoms with van der Waals surface area (Å²) in [4.78, 5) is 24.7. The minimum Gasteiger partial charge on any atom is -0.481 e. The molecule has 0 spiro atoms. The standard InChI is InChI=1S/C13H17NO5/c15-7(16)2-1-3-14-12(18)8-5-4-6-9(8)13(14)19-11(6)10(5)17/h5-6,8-11,13,17H,1-4H2,(H,15,16). The first-order valence-corrected chi connectivity index (χ1v) is 6.95. The number of hydrogen-bond acceptors (Lipinski definition) is 4. The number of carboxylic acid groups (broad SMARTS) is 1. The van der Waals surface area contributed by atoms with Crippen LogP contribution in [0.1, 0.15) is 19.3 Å². The van der Waals surface area contributed by atoms with Gasteiger partial charge in [0.2, 0.25) is 5.91 Å². The van der Waals surface area contributed by atoms with E-state index in [1.165, 1.54) is 0 Å². The number of amides is 1. The van der Waals surface area contributed by atoms with Crippen molar-refractivity contribution in [2.75, 3.05) is 6.54 Å². The summed E-state index contributed by atoms with van der Waals surface area (Å²) in [6, 6.07) is 0. The van der Waals surface area contributed by atoms with E-state index in [9.17, 15) is 14.7 Å². The number of rotatable bonds is 4. The van der Waals surface area contributed by atoms with Gasteiger partial charge < -0.3 is 19.8 Å². The van der Waals surface area contributed by atoms with E-state index in [4.69, 9.17) is 9.84 Å². The quantitative estimate of drug-likeness (QED) is 0.727. The average Bonchev–Trinajstić information content (AvgIpc) is 3.00. The van der Waals surface area contributed by atoms with Gasteiger partial charge in [0, 0.05) is 18.9 Å². The highest BCUT2D eigenvalue weighted by Gasteiger charge is 2.72. The Balaban J connectivity index is 1.53. The molecule has 6 nitrogen and oxygen atoms in total. The molecule has 2 heterocycles. The van der Waals surface area contributed by atoms with Gasteiger partial charge in [-0.05, 0) is 24.7 Å². The van der Waals surface area contributed by atoms with Crippen molar-refractivity contribution >= 4 is 11.9 Å². The van der Waals surface area contributed by atoms with Crippen LogP contribution in [0.3, 0.4) is 0 Å². The number of nitrogens with zero attached hydrogens (tertiary/aromatic N) is 1. The zero-order valence-corrected chi connectivity index (χ0v) is 10.4. The van der Waals surface area contributed by atoms with E-state index in [1.54, 1.807) is 4.90 Å². The first-order valence-electron chi connectivity index (χ1n) is 6.95. The van der Waals surface area contributed by atoms with Crippen LogP contribution in [0.4, 0.5) is 0 Å². The SMILES string of the molecule is O=C(O)CCCN1C(=O)C2C3CC4C(OC1C42)C3O. The number of aliphatic carboxylic acids is 1. The predicted molar refractivity (Wildman–Crippen MR) is 61.8 cm³/mol. The Hall–Kier alpha value is -1.14. The fourth-order valence-electron chi connectivity index (χ4n) is 4.78. The molecule has 2 saturated heterocycles. The van der Waals surface area contributed by atoms with Crippen molar-refractivity contribution in [3.63, 3.8) is 0 Å². The average molecular weight is 267 g/mol. The van der Waals surface area contributed by atoms with Crippen molar-refractivity contribution in [2.24, 2.45) is 23.7 Å². The second kappa shape index (κ2) is 3.70. The smallest absolute Gasteiger partial charge is 0.303 e. The van der Waals surface area contributed by atoms with Crippen LogP contribution >= 0.6 is 0 Å². The Morgan fingerprint density at radius 2 is 2.21 bits per heavy atom. The third kappa shape index (κ3) is 1.33. The zero-order chi connectivity index (χ0) is 13.3. The lowest BCUT2D eigenvalue weighted by molar-refractivity contribution is -0.151. The minimum absolute atomic E-state index is 0.0574. The molecule has 19 heavy (non-hydrogen) atoms. The fraction of sp³-hybridized carbons (Fsp3) is 0.846. The Morgan fingerprint density at radius 3 is 2.95 bits per heavy atom. The first kappa shape index (κ1) is 11.7. The summed E-state index contributed by atoms with van der Waals surface area (Å²) in [6.45, 7) is 0.449. The number of carbonyl (C=O) groups excluding carboxylic acids is 1. The highest BCUT2D eigenvalue weighted by molar-refractivity contribution is 5.83. The highest BCUT2D eigenvalue weighted by atomic mass is 16.5. The number of ether oxygens (including phenoxy) is 1. The Labute approximate surface area is 110 Å². The van der Waals surface area contributed by atoms with Crippen molar-refractivity contribution in [1.29, 1.82) is 0 Å². The molecule has 0 radical (unpaired) electrons. The second-order valence-electron chi connectivity index (χ2n) is 6.18. The number of fused-ring (bicyclic) bond motifs is 2.